The Morgan fingerprint density at radius 1 is 1.65 bits per heavy atom. The fourth-order valence-corrected chi connectivity index (χ4v) is 1.30. The highest BCUT2D eigenvalue weighted by atomic mass is 35.5. The van der Waals surface area contributed by atoms with Gasteiger partial charge in [-0.2, -0.15) is 10.2 Å². The first-order valence-electron chi connectivity index (χ1n) is 5.53. The second kappa shape index (κ2) is 6.39. The minimum Gasteiger partial charge on any atom is -0.275 e. The van der Waals surface area contributed by atoms with Crippen LogP contribution in [-0.2, 0) is 0 Å². The SMILES string of the molecule is C/C(CCC(C)C)=N/Nc1cn[nH]c(=O)c1Cl. The summed E-state index contributed by atoms with van der Waals surface area (Å²) in [5, 5.41) is 10.1. The van der Waals surface area contributed by atoms with Crippen molar-refractivity contribution in [1.29, 1.82) is 0 Å². The van der Waals surface area contributed by atoms with Gasteiger partial charge in [0.15, 0.2) is 0 Å². The smallest absolute Gasteiger partial charge is 0.275 e. The van der Waals surface area contributed by atoms with Gasteiger partial charge in [-0.05, 0) is 25.7 Å². The maximum atomic E-state index is 11.2. The molecule has 0 spiro atoms. The van der Waals surface area contributed by atoms with Crippen molar-refractivity contribution in [2.45, 2.75) is 33.6 Å². The molecule has 0 fully saturated rings. The second-order valence-corrected chi connectivity index (χ2v) is 4.70. The summed E-state index contributed by atoms with van der Waals surface area (Å²) in [6.45, 7) is 6.26. The number of hydrazone groups is 1. The zero-order chi connectivity index (χ0) is 12.8. The monoisotopic (exact) mass is 256 g/mol. The summed E-state index contributed by atoms with van der Waals surface area (Å²) < 4.78 is 0. The van der Waals surface area contributed by atoms with Gasteiger partial charge in [-0.1, -0.05) is 25.4 Å². The fraction of sp³-hybridized carbons (Fsp3) is 0.545. The Bertz CT molecular complexity index is 453. The van der Waals surface area contributed by atoms with Crippen LogP contribution in [0.1, 0.15) is 33.6 Å². The lowest BCUT2D eigenvalue weighted by Gasteiger charge is -2.05. The van der Waals surface area contributed by atoms with Gasteiger partial charge in [0.25, 0.3) is 5.56 Å². The Balaban J connectivity index is 2.63. The van der Waals surface area contributed by atoms with Crippen molar-refractivity contribution in [3.63, 3.8) is 0 Å². The highest BCUT2D eigenvalue weighted by Gasteiger charge is 2.03. The number of nitrogens with zero attached hydrogens (tertiary/aromatic N) is 2. The van der Waals surface area contributed by atoms with Crippen LogP contribution in [-0.4, -0.2) is 15.9 Å². The van der Waals surface area contributed by atoms with Gasteiger partial charge in [0.2, 0.25) is 0 Å². The van der Waals surface area contributed by atoms with E-state index in [-0.39, 0.29) is 5.02 Å². The van der Waals surface area contributed by atoms with Crippen molar-refractivity contribution in [3.05, 3.63) is 21.6 Å². The number of aromatic nitrogens is 2. The third-order valence-electron chi connectivity index (χ3n) is 2.25. The molecular weight excluding hydrogens is 240 g/mol. The van der Waals surface area contributed by atoms with Gasteiger partial charge >= 0.3 is 0 Å². The molecule has 6 heteroatoms. The molecule has 0 radical (unpaired) electrons. The predicted molar refractivity (Wildman–Crippen MR) is 70.7 cm³/mol. The van der Waals surface area contributed by atoms with E-state index in [1.807, 2.05) is 6.92 Å². The van der Waals surface area contributed by atoms with Gasteiger partial charge in [-0.25, -0.2) is 5.10 Å². The normalized spacial score (nSPS) is 11.9. The first kappa shape index (κ1) is 13.7. The van der Waals surface area contributed by atoms with E-state index in [0.717, 1.165) is 18.6 Å². The van der Waals surface area contributed by atoms with Crippen LogP contribution in [0.5, 0.6) is 0 Å². The zero-order valence-electron chi connectivity index (χ0n) is 10.2. The first-order valence-corrected chi connectivity index (χ1v) is 5.91. The number of nitrogens with one attached hydrogen (secondary N) is 2. The van der Waals surface area contributed by atoms with Crippen molar-refractivity contribution in [2.24, 2.45) is 11.0 Å². The maximum absolute atomic E-state index is 11.2. The average molecular weight is 257 g/mol. The lowest BCUT2D eigenvalue weighted by atomic mass is 10.1. The summed E-state index contributed by atoms with van der Waals surface area (Å²) in [6.07, 6.45) is 3.43. The Labute approximate surface area is 105 Å². The molecule has 0 saturated carbocycles. The van der Waals surface area contributed by atoms with Gasteiger partial charge in [0, 0.05) is 5.71 Å². The Morgan fingerprint density at radius 2 is 2.35 bits per heavy atom. The van der Waals surface area contributed by atoms with Gasteiger partial charge < -0.3 is 0 Å². The van der Waals surface area contributed by atoms with Crippen LogP contribution < -0.4 is 11.0 Å². The molecule has 94 valence electrons. The molecule has 0 aliphatic rings. The summed E-state index contributed by atoms with van der Waals surface area (Å²) in [6, 6.07) is 0. The number of halogens is 1. The standard InChI is InChI=1S/C11H17ClN4O/c1-7(2)4-5-8(3)14-15-9-6-13-16-11(17)10(9)12/h6-7H,4-5H2,1-3H3,(H2,15,16,17)/b14-8-. The fourth-order valence-electron chi connectivity index (χ4n) is 1.17. The highest BCUT2D eigenvalue weighted by Crippen LogP contribution is 2.14. The van der Waals surface area contributed by atoms with Crippen LogP contribution in [0.25, 0.3) is 0 Å². The summed E-state index contributed by atoms with van der Waals surface area (Å²) in [4.78, 5) is 11.2. The van der Waals surface area contributed by atoms with Crippen molar-refractivity contribution in [2.75, 3.05) is 5.43 Å². The molecule has 17 heavy (non-hydrogen) atoms. The number of H-pyrrole nitrogens is 1. The van der Waals surface area contributed by atoms with Crippen LogP contribution in [0.15, 0.2) is 16.1 Å². The first-order chi connectivity index (χ1) is 8.00. The summed E-state index contributed by atoms with van der Waals surface area (Å²) in [5.41, 5.74) is 3.71. The maximum Gasteiger partial charge on any atom is 0.285 e. The Hall–Kier alpha value is -1.36. The molecule has 0 saturated heterocycles. The summed E-state index contributed by atoms with van der Waals surface area (Å²) >= 11 is 5.79. The van der Waals surface area contributed by atoms with E-state index in [1.165, 1.54) is 6.20 Å². The molecule has 0 unspecified atom stereocenters. The second-order valence-electron chi connectivity index (χ2n) is 4.32. The largest absolute Gasteiger partial charge is 0.285 e. The van der Waals surface area contributed by atoms with Crippen molar-refractivity contribution >= 4 is 23.0 Å². The molecular formula is C11H17ClN4O. The topological polar surface area (TPSA) is 70.1 Å². The highest BCUT2D eigenvalue weighted by molar-refractivity contribution is 6.32. The van der Waals surface area contributed by atoms with Gasteiger partial charge in [0.1, 0.15) is 10.7 Å². The third kappa shape index (κ3) is 4.56. The molecule has 0 atom stereocenters. The van der Waals surface area contributed by atoms with E-state index in [2.05, 4.69) is 34.6 Å². The van der Waals surface area contributed by atoms with Gasteiger partial charge in [-0.15, -0.1) is 0 Å². The number of anilines is 1. The summed E-state index contributed by atoms with van der Waals surface area (Å²) in [5.74, 6) is 0.643. The third-order valence-corrected chi connectivity index (χ3v) is 2.62. The summed E-state index contributed by atoms with van der Waals surface area (Å²) in [7, 11) is 0. The Kier molecular flexibility index (Phi) is 5.15. The van der Waals surface area contributed by atoms with E-state index in [1.54, 1.807) is 0 Å². The number of aromatic amines is 1. The Morgan fingerprint density at radius 3 is 3.00 bits per heavy atom. The molecule has 1 rings (SSSR count). The zero-order valence-corrected chi connectivity index (χ0v) is 11.0. The average Bonchev–Trinajstić information content (AvgIpc) is 2.28. The van der Waals surface area contributed by atoms with Gasteiger partial charge in [-0.3, -0.25) is 10.2 Å². The number of rotatable bonds is 5. The van der Waals surface area contributed by atoms with E-state index < -0.39 is 5.56 Å². The molecule has 1 aromatic heterocycles. The van der Waals surface area contributed by atoms with Gasteiger partial charge in [0.05, 0.1) is 6.20 Å². The van der Waals surface area contributed by atoms with Crippen molar-refractivity contribution < 1.29 is 0 Å². The minimum atomic E-state index is -0.424. The molecule has 0 aliphatic heterocycles. The lowest BCUT2D eigenvalue weighted by molar-refractivity contribution is 0.603. The number of hydrogen-bond acceptors (Lipinski definition) is 4. The van der Waals surface area contributed by atoms with Crippen molar-refractivity contribution in [3.8, 4) is 0 Å². The molecule has 5 nitrogen and oxygen atoms in total. The quantitative estimate of drug-likeness (QED) is 0.629. The van der Waals surface area contributed by atoms with Crippen LogP contribution >= 0.6 is 11.6 Å². The minimum absolute atomic E-state index is 0.0698. The molecule has 1 aromatic rings. The number of hydrogen-bond donors (Lipinski definition) is 2. The van der Waals surface area contributed by atoms with E-state index in [0.29, 0.717) is 11.6 Å². The molecule has 0 aliphatic carbocycles. The van der Waals surface area contributed by atoms with Crippen LogP contribution in [0.2, 0.25) is 5.02 Å². The molecule has 0 bridgehead atoms. The van der Waals surface area contributed by atoms with E-state index in [4.69, 9.17) is 11.6 Å². The van der Waals surface area contributed by atoms with Crippen molar-refractivity contribution in [1.82, 2.24) is 10.2 Å². The van der Waals surface area contributed by atoms with E-state index >= 15 is 0 Å². The van der Waals surface area contributed by atoms with E-state index in [9.17, 15) is 4.79 Å². The molecule has 0 amide bonds. The van der Waals surface area contributed by atoms with Crippen LogP contribution in [0, 0.1) is 5.92 Å². The molecule has 2 N–H and O–H groups in total. The molecule has 0 aromatic carbocycles. The van der Waals surface area contributed by atoms with Crippen LogP contribution in [0.4, 0.5) is 5.69 Å². The lowest BCUT2D eigenvalue weighted by Crippen LogP contribution is -2.10. The predicted octanol–water partition coefficient (Wildman–Crippen LogP) is 2.65. The van der Waals surface area contributed by atoms with Crippen LogP contribution in [0.3, 0.4) is 0 Å². The molecule has 1 heterocycles.